The number of aryl methyl sites for hydroxylation is 3. The predicted octanol–water partition coefficient (Wildman–Crippen LogP) is 8.49. The zero-order valence-corrected chi connectivity index (χ0v) is 25.6. The number of carbonyl (C=O) groups excluding carboxylic acids is 1. The molecule has 0 radical (unpaired) electrons. The van der Waals surface area contributed by atoms with Gasteiger partial charge in [0.05, 0.1) is 39.8 Å². The number of nitrogens with zero attached hydrogens (tertiary/aromatic N) is 3. The quantitative estimate of drug-likeness (QED) is 0.261. The third kappa shape index (κ3) is 3.77. The largest absolute Gasteiger partial charge is 0.325 e. The molecule has 0 aliphatic heterocycles. The predicted molar refractivity (Wildman–Crippen MR) is 165 cm³/mol. The molecule has 41 heavy (non-hydrogen) atoms. The van der Waals surface area contributed by atoms with Crippen molar-refractivity contribution in [3.63, 3.8) is 0 Å². The second kappa shape index (κ2) is 9.28. The zero-order chi connectivity index (χ0) is 29.5. The molecule has 4 aromatic rings. The Morgan fingerprint density at radius 3 is 2.12 bits per heavy atom. The first-order valence-corrected chi connectivity index (χ1v) is 14.7. The molecule has 2 aliphatic rings. The van der Waals surface area contributed by atoms with Crippen LogP contribution in [-0.4, -0.2) is 15.9 Å². The van der Waals surface area contributed by atoms with Crippen LogP contribution in [0.3, 0.4) is 0 Å². The molecule has 0 spiro atoms. The molecule has 3 atom stereocenters. The number of anilines is 1. The van der Waals surface area contributed by atoms with Crippen LogP contribution >= 0.6 is 23.2 Å². The maximum absolute atomic E-state index is 14.5. The third-order valence-corrected chi connectivity index (χ3v) is 10.9. The number of hydrogen-bond acceptors (Lipinski definition) is 4. The Morgan fingerprint density at radius 2 is 1.51 bits per heavy atom. The van der Waals surface area contributed by atoms with Gasteiger partial charge in [0.2, 0.25) is 5.91 Å². The van der Waals surface area contributed by atoms with Gasteiger partial charge in [-0.1, -0.05) is 62.2 Å². The highest BCUT2D eigenvalue weighted by Gasteiger charge is 2.73. The molecular weight excluding hydrogens is 551 g/mol. The molecule has 1 amide bonds. The monoisotopic (exact) mass is 582 g/mol. The molecule has 2 bridgehead atoms. The minimum atomic E-state index is -0.840. The number of nitriles is 1. The molecule has 1 fully saturated rings. The molecule has 3 aromatic carbocycles. The van der Waals surface area contributed by atoms with E-state index in [0.717, 1.165) is 45.5 Å². The lowest BCUT2D eigenvalue weighted by atomic mass is 9.63. The van der Waals surface area contributed by atoms with Gasteiger partial charge in [0, 0.05) is 21.1 Å². The molecule has 0 saturated heterocycles. The summed E-state index contributed by atoms with van der Waals surface area (Å²) in [6, 6.07) is 17.4. The van der Waals surface area contributed by atoms with E-state index in [1.165, 1.54) is 5.56 Å². The maximum atomic E-state index is 14.5. The number of benzene rings is 3. The van der Waals surface area contributed by atoms with E-state index in [-0.39, 0.29) is 11.3 Å². The first-order chi connectivity index (χ1) is 19.3. The van der Waals surface area contributed by atoms with E-state index in [1.807, 2.05) is 25.1 Å². The van der Waals surface area contributed by atoms with Gasteiger partial charge in [-0.2, -0.15) is 5.26 Å². The number of amides is 1. The number of carbonyl (C=O) groups is 1. The summed E-state index contributed by atoms with van der Waals surface area (Å²) in [6.07, 6.45) is 1.55. The molecule has 1 saturated carbocycles. The first kappa shape index (κ1) is 27.7. The van der Waals surface area contributed by atoms with E-state index in [0.29, 0.717) is 27.7 Å². The normalized spacial score (nSPS) is 22.8. The standard InChI is InChI=1S/C34H32Cl2N4O/c1-18-14-27-28(15-19(18)2)39-30-29(38-27)33(6)11-12-34(30,32(33,4)5)31(41)40-26-16-25(36)23(13-20(26)3)24(17-37)21-7-9-22(35)10-8-21/h7-10,13-16,24H,11-12H2,1-6H3,(H,40,41). The number of fused-ring (bicyclic) bond motifs is 6. The fraction of sp³-hybridized carbons (Fsp3) is 0.353. The molecule has 3 unspecified atom stereocenters. The lowest BCUT2D eigenvalue weighted by Crippen LogP contribution is -2.48. The van der Waals surface area contributed by atoms with Crippen LogP contribution in [0.1, 0.15) is 78.7 Å². The Balaban J connectivity index is 1.41. The van der Waals surface area contributed by atoms with Gasteiger partial charge >= 0.3 is 0 Å². The van der Waals surface area contributed by atoms with Gasteiger partial charge in [0.1, 0.15) is 0 Å². The first-order valence-electron chi connectivity index (χ1n) is 13.9. The Labute approximate surface area is 250 Å². The smallest absolute Gasteiger partial charge is 0.237 e. The van der Waals surface area contributed by atoms with Crippen molar-refractivity contribution in [3.8, 4) is 6.07 Å². The number of halogens is 2. The highest BCUT2D eigenvalue weighted by atomic mass is 35.5. The second-order valence-corrected chi connectivity index (χ2v) is 13.3. The van der Waals surface area contributed by atoms with Crippen LogP contribution in [0, 0.1) is 37.5 Å². The molecule has 6 rings (SSSR count). The molecular formula is C34H32Cl2N4O. The highest BCUT2D eigenvalue weighted by Crippen LogP contribution is 2.70. The maximum Gasteiger partial charge on any atom is 0.237 e. The highest BCUT2D eigenvalue weighted by molar-refractivity contribution is 6.32. The van der Waals surface area contributed by atoms with Crippen LogP contribution in [0.25, 0.3) is 11.0 Å². The van der Waals surface area contributed by atoms with Gasteiger partial charge in [-0.05, 0) is 97.2 Å². The van der Waals surface area contributed by atoms with Crippen LogP contribution < -0.4 is 5.32 Å². The summed E-state index contributed by atoms with van der Waals surface area (Å²) in [6.45, 7) is 12.7. The van der Waals surface area contributed by atoms with E-state index >= 15 is 0 Å². The van der Waals surface area contributed by atoms with E-state index < -0.39 is 16.7 Å². The third-order valence-electron chi connectivity index (χ3n) is 10.3. The average molecular weight is 584 g/mol. The van der Waals surface area contributed by atoms with Crippen LogP contribution in [0.5, 0.6) is 0 Å². The second-order valence-electron chi connectivity index (χ2n) is 12.5. The van der Waals surface area contributed by atoms with Crippen LogP contribution in [0.2, 0.25) is 10.0 Å². The zero-order valence-electron chi connectivity index (χ0n) is 24.1. The van der Waals surface area contributed by atoms with Crippen molar-refractivity contribution < 1.29 is 4.79 Å². The fourth-order valence-electron chi connectivity index (χ4n) is 7.13. The van der Waals surface area contributed by atoms with Crippen LogP contribution in [-0.2, 0) is 15.6 Å². The fourth-order valence-corrected chi connectivity index (χ4v) is 7.53. The van der Waals surface area contributed by atoms with Crippen molar-refractivity contribution in [2.24, 2.45) is 5.41 Å². The van der Waals surface area contributed by atoms with Gasteiger partial charge in [0.25, 0.3) is 0 Å². The SMILES string of the molecule is Cc1cc2nc3c(nc2cc1C)C1(C(=O)Nc2cc(Cl)c(C(C#N)c4ccc(Cl)cc4)cc2C)CCC3(C)C1(C)C. The van der Waals surface area contributed by atoms with Gasteiger partial charge in [-0.25, -0.2) is 9.97 Å². The number of hydrogen-bond donors (Lipinski definition) is 1. The lowest BCUT2D eigenvalue weighted by molar-refractivity contribution is -0.125. The summed E-state index contributed by atoms with van der Waals surface area (Å²) in [5, 5.41) is 14.3. The van der Waals surface area contributed by atoms with Crippen molar-refractivity contribution in [2.45, 2.75) is 71.1 Å². The van der Waals surface area contributed by atoms with E-state index in [1.54, 1.807) is 18.2 Å². The van der Waals surface area contributed by atoms with Gasteiger partial charge in [-0.3, -0.25) is 4.79 Å². The van der Waals surface area contributed by atoms with E-state index in [2.05, 4.69) is 58.1 Å². The Hall–Kier alpha value is -3.46. The topological polar surface area (TPSA) is 78.7 Å². The van der Waals surface area contributed by atoms with Crippen molar-refractivity contribution in [1.82, 2.24) is 9.97 Å². The van der Waals surface area contributed by atoms with Crippen molar-refractivity contribution in [3.05, 3.63) is 97.8 Å². The Bertz CT molecular complexity index is 1810. The van der Waals surface area contributed by atoms with Crippen molar-refractivity contribution in [1.29, 1.82) is 5.26 Å². The Kier molecular flexibility index (Phi) is 6.27. The van der Waals surface area contributed by atoms with Gasteiger partial charge in [0.15, 0.2) is 0 Å². The molecule has 1 aromatic heterocycles. The minimum Gasteiger partial charge on any atom is -0.325 e. The Morgan fingerprint density at radius 1 is 0.902 bits per heavy atom. The van der Waals surface area contributed by atoms with E-state index in [4.69, 9.17) is 33.2 Å². The summed E-state index contributed by atoms with van der Waals surface area (Å²) in [4.78, 5) is 24.8. The lowest BCUT2D eigenvalue weighted by Gasteiger charge is -2.39. The molecule has 7 heteroatoms. The molecule has 1 heterocycles. The molecule has 2 aliphatic carbocycles. The summed E-state index contributed by atoms with van der Waals surface area (Å²) in [7, 11) is 0. The summed E-state index contributed by atoms with van der Waals surface area (Å²) < 4.78 is 0. The summed E-state index contributed by atoms with van der Waals surface area (Å²) >= 11 is 12.8. The van der Waals surface area contributed by atoms with Gasteiger partial charge < -0.3 is 5.32 Å². The average Bonchev–Trinajstić information content (AvgIpc) is 3.22. The van der Waals surface area contributed by atoms with Gasteiger partial charge in [-0.15, -0.1) is 0 Å². The van der Waals surface area contributed by atoms with Crippen LogP contribution in [0.4, 0.5) is 5.69 Å². The summed E-state index contributed by atoms with van der Waals surface area (Å²) in [5.74, 6) is -0.655. The summed E-state index contributed by atoms with van der Waals surface area (Å²) in [5.41, 5.74) is 7.16. The van der Waals surface area contributed by atoms with Crippen molar-refractivity contribution >= 4 is 45.8 Å². The number of nitrogens with one attached hydrogen (secondary N) is 1. The molecule has 208 valence electrons. The number of aromatic nitrogens is 2. The van der Waals surface area contributed by atoms with E-state index in [9.17, 15) is 10.1 Å². The molecule has 5 nitrogen and oxygen atoms in total. The van der Waals surface area contributed by atoms with Crippen molar-refractivity contribution in [2.75, 3.05) is 5.32 Å². The molecule has 1 N–H and O–H groups in total. The minimum absolute atomic E-state index is 0.0936. The van der Waals surface area contributed by atoms with Crippen LogP contribution in [0.15, 0.2) is 48.5 Å². The number of rotatable bonds is 4.